The number of aliphatic hydroxyl groups excluding tert-OH is 2. The third-order valence-electron chi connectivity index (χ3n) is 8.12. The Morgan fingerprint density at radius 2 is 1.79 bits per heavy atom. The molecule has 202 valence electrons. The van der Waals surface area contributed by atoms with Crippen LogP contribution in [0.4, 0.5) is 0 Å². The summed E-state index contributed by atoms with van der Waals surface area (Å²) in [4.78, 5) is 55.0. The molecule has 4 atom stereocenters. The van der Waals surface area contributed by atoms with E-state index in [1.54, 1.807) is 20.2 Å². The van der Waals surface area contributed by atoms with Crippen LogP contribution in [0.3, 0.4) is 0 Å². The van der Waals surface area contributed by atoms with E-state index in [1.165, 1.54) is 15.9 Å². The second kappa shape index (κ2) is 8.93. The third-order valence-corrected chi connectivity index (χ3v) is 8.12. The molecule has 1 aromatic carbocycles. The normalized spacial score (nSPS) is 29.3. The van der Waals surface area contributed by atoms with Crippen LogP contribution in [0, 0.1) is 11.8 Å². The molecule has 12 nitrogen and oxygen atoms in total. The highest BCUT2D eigenvalue weighted by molar-refractivity contribution is 6.24. The number of aliphatic hydroxyl groups is 3. The maximum absolute atomic E-state index is 13.9. The number of amides is 2. The maximum atomic E-state index is 13.9. The SMILES string of the molecule is CN(C)[C@H]1C(=O)C(C(N)=O)=C(O)[C@]2(O)C(=O)C3=C(O)c4c(ccc(C(=O)N5CCOCC5)c4O)C[C@@H]3C[C@H]12. The Morgan fingerprint density at radius 3 is 2.39 bits per heavy atom. The van der Waals surface area contributed by atoms with Crippen molar-refractivity contribution in [3.8, 4) is 5.75 Å². The number of Topliss-reactive ketones (excluding diaryl/α,β-unsaturated/α-hetero) is 2. The van der Waals surface area contributed by atoms with Gasteiger partial charge in [-0.25, -0.2) is 0 Å². The number of phenolic OH excluding ortho intramolecular Hbond substituents is 1. The molecule has 6 N–H and O–H groups in total. The molecule has 1 aromatic rings. The van der Waals surface area contributed by atoms with Crippen molar-refractivity contribution < 1.29 is 44.3 Å². The molecule has 2 fully saturated rings. The second-order valence-electron chi connectivity index (χ2n) is 10.4. The number of carbonyl (C=O) groups excluding carboxylic acids is 4. The molecule has 0 bridgehead atoms. The molecular formula is C26H29N3O9. The van der Waals surface area contributed by atoms with Crippen molar-refractivity contribution in [2.45, 2.75) is 24.5 Å². The number of rotatable bonds is 3. The van der Waals surface area contributed by atoms with E-state index in [0.29, 0.717) is 31.9 Å². The first-order chi connectivity index (χ1) is 17.9. The van der Waals surface area contributed by atoms with E-state index in [-0.39, 0.29) is 29.5 Å². The molecule has 38 heavy (non-hydrogen) atoms. The lowest BCUT2D eigenvalue weighted by atomic mass is 9.57. The quantitative estimate of drug-likeness (QED) is 0.318. The second-order valence-corrected chi connectivity index (χ2v) is 10.4. The van der Waals surface area contributed by atoms with Gasteiger partial charge in [0.1, 0.15) is 22.8 Å². The zero-order valence-corrected chi connectivity index (χ0v) is 20.9. The predicted molar refractivity (Wildman–Crippen MR) is 131 cm³/mol. The van der Waals surface area contributed by atoms with Crippen molar-refractivity contribution in [1.29, 1.82) is 0 Å². The smallest absolute Gasteiger partial charge is 0.257 e. The Balaban J connectivity index is 1.64. The molecular weight excluding hydrogens is 498 g/mol. The number of nitrogens with two attached hydrogens (primary N) is 1. The van der Waals surface area contributed by atoms with Gasteiger partial charge in [0, 0.05) is 24.6 Å². The Kier molecular flexibility index (Phi) is 6.08. The van der Waals surface area contributed by atoms with E-state index in [2.05, 4.69) is 0 Å². The van der Waals surface area contributed by atoms with Gasteiger partial charge in [-0.05, 0) is 44.5 Å². The van der Waals surface area contributed by atoms with Crippen LogP contribution in [0.5, 0.6) is 5.75 Å². The minimum absolute atomic E-state index is 0.000976. The van der Waals surface area contributed by atoms with Crippen molar-refractivity contribution in [1.82, 2.24) is 9.80 Å². The fourth-order valence-electron chi connectivity index (χ4n) is 6.33. The minimum atomic E-state index is -2.71. The Hall–Kier alpha value is -3.74. The van der Waals surface area contributed by atoms with Crippen molar-refractivity contribution in [3.63, 3.8) is 0 Å². The summed E-state index contributed by atoms with van der Waals surface area (Å²) in [7, 11) is 3.08. The number of morpholine rings is 1. The molecule has 1 saturated heterocycles. The number of likely N-dealkylation sites (N-methyl/N-ethyl adjacent to an activating group) is 1. The van der Waals surface area contributed by atoms with Gasteiger partial charge in [-0.15, -0.1) is 0 Å². The summed E-state index contributed by atoms with van der Waals surface area (Å²) in [5.41, 5.74) is 1.80. The molecule has 1 saturated carbocycles. The summed E-state index contributed by atoms with van der Waals surface area (Å²) in [5, 5.41) is 44.9. The topological polar surface area (TPSA) is 191 Å². The number of ether oxygens (including phenoxy) is 1. The third kappa shape index (κ3) is 3.47. The van der Waals surface area contributed by atoms with Gasteiger partial charge in [0.15, 0.2) is 11.4 Å². The summed E-state index contributed by atoms with van der Waals surface area (Å²) in [5.74, 6) is -7.75. The van der Waals surface area contributed by atoms with Gasteiger partial charge in [-0.3, -0.25) is 24.1 Å². The highest BCUT2D eigenvalue weighted by Crippen LogP contribution is 2.52. The fourth-order valence-corrected chi connectivity index (χ4v) is 6.33. The van der Waals surface area contributed by atoms with E-state index in [9.17, 15) is 39.6 Å². The van der Waals surface area contributed by atoms with Gasteiger partial charge in [0.25, 0.3) is 11.8 Å². The van der Waals surface area contributed by atoms with E-state index < -0.39 is 69.7 Å². The summed E-state index contributed by atoms with van der Waals surface area (Å²) < 4.78 is 5.27. The van der Waals surface area contributed by atoms with Gasteiger partial charge in [0.05, 0.1) is 30.4 Å². The van der Waals surface area contributed by atoms with Crippen LogP contribution in [0.2, 0.25) is 0 Å². The van der Waals surface area contributed by atoms with Crippen LogP contribution in [0.1, 0.15) is 27.9 Å². The number of benzene rings is 1. The zero-order chi connectivity index (χ0) is 27.7. The molecule has 0 aromatic heterocycles. The number of phenols is 1. The molecule has 5 rings (SSSR count). The van der Waals surface area contributed by atoms with Gasteiger partial charge < -0.3 is 35.8 Å². The van der Waals surface area contributed by atoms with E-state index in [1.807, 2.05) is 0 Å². The van der Waals surface area contributed by atoms with Crippen LogP contribution in [0.25, 0.3) is 5.76 Å². The van der Waals surface area contributed by atoms with Gasteiger partial charge in [-0.2, -0.15) is 0 Å². The largest absolute Gasteiger partial charge is 0.508 e. The van der Waals surface area contributed by atoms with Crippen LogP contribution in [-0.4, -0.2) is 106 Å². The van der Waals surface area contributed by atoms with Crippen LogP contribution in [0.15, 0.2) is 29.0 Å². The van der Waals surface area contributed by atoms with Crippen molar-refractivity contribution in [2.75, 3.05) is 40.4 Å². The molecule has 0 radical (unpaired) electrons. The number of fused-ring (bicyclic) bond motifs is 3. The number of aromatic hydroxyl groups is 1. The van der Waals surface area contributed by atoms with Crippen LogP contribution < -0.4 is 5.73 Å². The summed E-state index contributed by atoms with van der Waals surface area (Å²) in [6.07, 6.45) is 0.162. The van der Waals surface area contributed by atoms with Crippen molar-refractivity contribution in [2.24, 2.45) is 17.6 Å². The standard InChI is InChI=1S/C26H29N3O9/c1-28(2)18-14-10-12-9-11-3-4-13(25(36)29-5-7-38-8-6-29)19(30)15(11)20(31)16(12)22(33)26(14,37)23(34)17(21(18)32)24(27)35/h3-4,12,14,18,30-31,34,37H,5-10H2,1-2H3,(H2,27,35)/t12-,14-,18-,26-/m1/s1. The molecule has 0 spiro atoms. The monoisotopic (exact) mass is 527 g/mol. The number of hydrogen-bond acceptors (Lipinski definition) is 10. The number of ketones is 2. The summed E-state index contributed by atoms with van der Waals surface area (Å²) >= 11 is 0. The lowest BCUT2D eigenvalue weighted by molar-refractivity contribution is -0.153. The van der Waals surface area contributed by atoms with E-state index in [4.69, 9.17) is 10.5 Å². The molecule has 3 aliphatic carbocycles. The summed E-state index contributed by atoms with van der Waals surface area (Å²) in [6.45, 7) is 1.36. The van der Waals surface area contributed by atoms with Crippen LogP contribution >= 0.6 is 0 Å². The van der Waals surface area contributed by atoms with E-state index >= 15 is 0 Å². The van der Waals surface area contributed by atoms with Gasteiger partial charge in [0.2, 0.25) is 5.78 Å². The summed E-state index contributed by atoms with van der Waals surface area (Å²) in [6, 6.07) is 1.92. The first-order valence-corrected chi connectivity index (χ1v) is 12.3. The molecule has 1 heterocycles. The molecule has 12 heteroatoms. The molecule has 4 aliphatic rings. The number of carbonyl (C=O) groups is 4. The number of hydrogen-bond donors (Lipinski definition) is 5. The number of primary amides is 1. The molecule has 1 aliphatic heterocycles. The average Bonchev–Trinajstić information content (AvgIpc) is 2.86. The lowest BCUT2D eigenvalue weighted by Crippen LogP contribution is -2.65. The minimum Gasteiger partial charge on any atom is -0.508 e. The molecule has 0 unspecified atom stereocenters. The first kappa shape index (κ1) is 25.9. The van der Waals surface area contributed by atoms with Gasteiger partial charge in [-0.1, -0.05) is 6.07 Å². The Bertz CT molecular complexity index is 1340. The fraction of sp³-hybridized carbons (Fsp3) is 0.462. The lowest BCUT2D eigenvalue weighted by Gasteiger charge is -2.50. The highest BCUT2D eigenvalue weighted by Gasteiger charge is 2.64. The van der Waals surface area contributed by atoms with Gasteiger partial charge >= 0.3 is 0 Å². The Morgan fingerprint density at radius 1 is 1.13 bits per heavy atom. The zero-order valence-electron chi connectivity index (χ0n) is 20.9. The van der Waals surface area contributed by atoms with E-state index in [0.717, 1.165) is 0 Å². The first-order valence-electron chi connectivity index (χ1n) is 12.3. The molecule has 2 amide bonds. The van der Waals surface area contributed by atoms with Crippen LogP contribution in [-0.2, 0) is 25.5 Å². The number of nitrogens with zero attached hydrogens (tertiary/aromatic N) is 2. The highest BCUT2D eigenvalue weighted by atomic mass is 16.5. The van der Waals surface area contributed by atoms with Crippen molar-refractivity contribution in [3.05, 3.63) is 45.7 Å². The Labute approximate surface area is 217 Å². The van der Waals surface area contributed by atoms with Crippen molar-refractivity contribution >= 4 is 29.1 Å². The predicted octanol–water partition coefficient (Wildman–Crippen LogP) is -0.564. The maximum Gasteiger partial charge on any atom is 0.257 e. The average molecular weight is 528 g/mol.